The Morgan fingerprint density at radius 2 is 1.78 bits per heavy atom. The van der Waals surface area contributed by atoms with Gasteiger partial charge in [-0.2, -0.15) is 0 Å². The van der Waals surface area contributed by atoms with Gasteiger partial charge in [0, 0.05) is 49.5 Å². The molecule has 7 nitrogen and oxygen atoms in total. The number of rotatable bonds is 5. The highest BCUT2D eigenvalue weighted by atomic mass is 16.5. The van der Waals surface area contributed by atoms with Crippen LogP contribution < -0.4 is 4.74 Å². The van der Waals surface area contributed by atoms with Crippen LogP contribution in [0.1, 0.15) is 26.3 Å². The maximum atomic E-state index is 12.3. The Balaban J connectivity index is 1.68. The van der Waals surface area contributed by atoms with Gasteiger partial charge in [-0.05, 0) is 38.1 Å². The van der Waals surface area contributed by atoms with Crippen molar-refractivity contribution in [2.45, 2.75) is 32.4 Å². The van der Waals surface area contributed by atoms with Crippen LogP contribution in [0.5, 0.6) is 5.75 Å². The Labute approximate surface area is 158 Å². The maximum Gasteiger partial charge on any atom is 0.225 e. The Morgan fingerprint density at radius 3 is 2.44 bits per heavy atom. The van der Waals surface area contributed by atoms with Crippen molar-refractivity contribution in [3.05, 3.63) is 49.1 Å². The summed E-state index contributed by atoms with van der Waals surface area (Å²) in [7, 11) is 1.65. The highest BCUT2D eigenvalue weighted by Crippen LogP contribution is 2.30. The van der Waals surface area contributed by atoms with Crippen LogP contribution in [-0.4, -0.2) is 49.6 Å². The number of carbonyl (C=O) groups is 1. The summed E-state index contributed by atoms with van der Waals surface area (Å²) in [6.45, 7) is 4.79. The van der Waals surface area contributed by atoms with Crippen molar-refractivity contribution in [2.75, 3.05) is 13.7 Å². The Hall–Kier alpha value is -3.09. The van der Waals surface area contributed by atoms with Crippen LogP contribution in [0.15, 0.2) is 49.1 Å². The maximum absolute atomic E-state index is 12.3. The van der Waals surface area contributed by atoms with Gasteiger partial charge < -0.3 is 14.2 Å². The molecule has 0 radical (unpaired) electrons. The molecular weight excluding hydrogens is 342 g/mol. The molecule has 1 amide bonds. The standard InChI is InChI=1S/C20H23N5O2/c1-14(2)25-13-16(12-18(25)26)24-11-9-22-20(24)19-21-8-10-23(19)15-4-6-17(27-3)7-5-15/h4-11,14,16H,12-13H2,1-3H3/t16-/m0/s1. The molecule has 0 aliphatic carbocycles. The molecular formula is C20H23N5O2. The summed E-state index contributed by atoms with van der Waals surface area (Å²) in [6, 6.07) is 8.08. The van der Waals surface area contributed by atoms with E-state index < -0.39 is 0 Å². The molecule has 1 aromatic carbocycles. The van der Waals surface area contributed by atoms with Crippen LogP contribution in [0.25, 0.3) is 17.3 Å². The average molecular weight is 365 g/mol. The van der Waals surface area contributed by atoms with Crippen molar-refractivity contribution in [1.82, 2.24) is 24.0 Å². The zero-order valence-electron chi connectivity index (χ0n) is 15.7. The van der Waals surface area contributed by atoms with Gasteiger partial charge in [0.15, 0.2) is 11.6 Å². The van der Waals surface area contributed by atoms with E-state index in [4.69, 9.17) is 4.74 Å². The molecule has 0 unspecified atom stereocenters. The number of amides is 1. The number of hydrogen-bond donors (Lipinski definition) is 0. The van der Waals surface area contributed by atoms with Gasteiger partial charge in [-0.3, -0.25) is 9.36 Å². The van der Waals surface area contributed by atoms with E-state index in [0.29, 0.717) is 13.0 Å². The minimum atomic E-state index is 0.0680. The molecule has 1 fully saturated rings. The van der Waals surface area contributed by atoms with Gasteiger partial charge in [0.25, 0.3) is 0 Å². The van der Waals surface area contributed by atoms with Crippen molar-refractivity contribution in [2.24, 2.45) is 0 Å². The van der Waals surface area contributed by atoms with Gasteiger partial charge in [-0.15, -0.1) is 0 Å². The van der Waals surface area contributed by atoms with E-state index in [9.17, 15) is 4.79 Å². The predicted octanol–water partition coefficient (Wildman–Crippen LogP) is 2.93. The van der Waals surface area contributed by atoms with Crippen LogP contribution >= 0.6 is 0 Å². The number of methoxy groups -OCH3 is 1. The molecule has 3 aromatic rings. The summed E-state index contributed by atoms with van der Waals surface area (Å²) in [6.07, 6.45) is 7.87. The van der Waals surface area contributed by atoms with Crippen molar-refractivity contribution >= 4 is 5.91 Å². The van der Waals surface area contributed by atoms with Crippen molar-refractivity contribution < 1.29 is 9.53 Å². The molecule has 0 saturated carbocycles. The van der Waals surface area contributed by atoms with E-state index in [0.717, 1.165) is 23.1 Å². The second-order valence-corrected chi connectivity index (χ2v) is 6.97. The van der Waals surface area contributed by atoms with E-state index in [1.54, 1.807) is 19.5 Å². The lowest BCUT2D eigenvalue weighted by molar-refractivity contribution is -0.129. The summed E-state index contributed by atoms with van der Waals surface area (Å²) in [4.78, 5) is 23.3. The van der Waals surface area contributed by atoms with Gasteiger partial charge in [0.1, 0.15) is 5.75 Å². The van der Waals surface area contributed by atoms with Crippen LogP contribution in [-0.2, 0) is 4.79 Å². The van der Waals surface area contributed by atoms with E-state index in [2.05, 4.69) is 14.5 Å². The average Bonchev–Trinajstić information content (AvgIpc) is 3.39. The zero-order valence-corrected chi connectivity index (χ0v) is 15.7. The number of likely N-dealkylation sites (tertiary alicyclic amines) is 1. The quantitative estimate of drug-likeness (QED) is 0.697. The third-order valence-electron chi connectivity index (χ3n) is 5.01. The lowest BCUT2D eigenvalue weighted by Crippen LogP contribution is -2.32. The molecule has 1 saturated heterocycles. The van der Waals surface area contributed by atoms with Gasteiger partial charge in [0.2, 0.25) is 5.91 Å². The first-order valence-corrected chi connectivity index (χ1v) is 9.09. The molecule has 27 heavy (non-hydrogen) atoms. The fourth-order valence-corrected chi connectivity index (χ4v) is 3.60. The first kappa shape index (κ1) is 17.3. The summed E-state index contributed by atoms with van der Waals surface area (Å²) in [5.74, 6) is 2.51. The normalized spacial score (nSPS) is 17.1. The van der Waals surface area contributed by atoms with E-state index in [1.807, 2.05) is 60.0 Å². The summed E-state index contributed by atoms with van der Waals surface area (Å²) in [5.41, 5.74) is 0.976. The number of nitrogens with zero attached hydrogens (tertiary/aromatic N) is 5. The zero-order chi connectivity index (χ0) is 19.0. The summed E-state index contributed by atoms with van der Waals surface area (Å²) in [5, 5.41) is 0. The summed E-state index contributed by atoms with van der Waals surface area (Å²) >= 11 is 0. The van der Waals surface area contributed by atoms with Gasteiger partial charge in [-0.1, -0.05) is 0 Å². The minimum absolute atomic E-state index is 0.0680. The largest absolute Gasteiger partial charge is 0.497 e. The first-order chi connectivity index (χ1) is 13.1. The van der Waals surface area contributed by atoms with E-state index in [1.165, 1.54) is 0 Å². The van der Waals surface area contributed by atoms with Crippen LogP contribution in [0.2, 0.25) is 0 Å². The predicted molar refractivity (Wildman–Crippen MR) is 102 cm³/mol. The van der Waals surface area contributed by atoms with Crippen molar-refractivity contribution in [3.8, 4) is 23.1 Å². The number of benzene rings is 1. The third kappa shape index (κ3) is 3.09. The molecule has 3 heterocycles. The lowest BCUT2D eigenvalue weighted by Gasteiger charge is -2.21. The van der Waals surface area contributed by atoms with Crippen molar-refractivity contribution in [3.63, 3.8) is 0 Å². The monoisotopic (exact) mass is 365 g/mol. The topological polar surface area (TPSA) is 65.2 Å². The fourth-order valence-electron chi connectivity index (χ4n) is 3.60. The highest BCUT2D eigenvalue weighted by Gasteiger charge is 2.33. The molecule has 140 valence electrons. The number of imidazole rings is 2. The molecule has 4 rings (SSSR count). The molecule has 1 aliphatic rings. The third-order valence-corrected chi connectivity index (χ3v) is 5.01. The Morgan fingerprint density at radius 1 is 1.07 bits per heavy atom. The Bertz CT molecular complexity index is 941. The second kappa shape index (κ2) is 6.90. The second-order valence-electron chi connectivity index (χ2n) is 6.97. The highest BCUT2D eigenvalue weighted by molar-refractivity contribution is 5.79. The van der Waals surface area contributed by atoms with E-state index in [-0.39, 0.29) is 18.0 Å². The molecule has 1 atom stereocenters. The SMILES string of the molecule is COc1ccc(-n2ccnc2-c2nccn2[C@H]2CC(=O)N(C(C)C)C2)cc1. The number of carbonyl (C=O) groups excluding carboxylic acids is 1. The smallest absolute Gasteiger partial charge is 0.225 e. The van der Waals surface area contributed by atoms with Crippen LogP contribution in [0, 0.1) is 0 Å². The summed E-state index contributed by atoms with van der Waals surface area (Å²) < 4.78 is 9.30. The lowest BCUT2D eigenvalue weighted by atomic mass is 10.2. The molecule has 0 bridgehead atoms. The molecule has 0 spiro atoms. The van der Waals surface area contributed by atoms with Crippen LogP contribution in [0.4, 0.5) is 0 Å². The number of aromatic nitrogens is 4. The molecule has 1 aliphatic heterocycles. The first-order valence-electron chi connectivity index (χ1n) is 9.09. The van der Waals surface area contributed by atoms with E-state index >= 15 is 0 Å². The van der Waals surface area contributed by atoms with Crippen molar-refractivity contribution in [1.29, 1.82) is 0 Å². The molecule has 0 N–H and O–H groups in total. The number of ether oxygens (including phenoxy) is 1. The number of hydrogen-bond acceptors (Lipinski definition) is 4. The minimum Gasteiger partial charge on any atom is -0.497 e. The Kier molecular flexibility index (Phi) is 4.43. The van der Waals surface area contributed by atoms with Crippen LogP contribution in [0.3, 0.4) is 0 Å². The molecule has 2 aromatic heterocycles. The van der Waals surface area contributed by atoms with Gasteiger partial charge >= 0.3 is 0 Å². The van der Waals surface area contributed by atoms with Gasteiger partial charge in [0.05, 0.1) is 13.2 Å². The molecule has 7 heteroatoms. The fraction of sp³-hybridized carbons (Fsp3) is 0.350. The van der Waals surface area contributed by atoms with Gasteiger partial charge in [-0.25, -0.2) is 9.97 Å².